The third-order valence-electron chi connectivity index (χ3n) is 4.36. The fourth-order valence-electron chi connectivity index (χ4n) is 3.15. The highest BCUT2D eigenvalue weighted by molar-refractivity contribution is 5.30. The van der Waals surface area contributed by atoms with Crippen molar-refractivity contribution in [3.63, 3.8) is 0 Å². The first kappa shape index (κ1) is 13.8. The molecule has 0 saturated carbocycles. The van der Waals surface area contributed by atoms with Crippen LogP contribution in [0.15, 0.2) is 12.4 Å². The Morgan fingerprint density at radius 3 is 2.50 bits per heavy atom. The average Bonchev–Trinajstić information content (AvgIpc) is 2.97. The van der Waals surface area contributed by atoms with Gasteiger partial charge < -0.3 is 10.0 Å². The molecule has 0 spiro atoms. The Balaban J connectivity index is 1.56. The zero-order valence-corrected chi connectivity index (χ0v) is 12.0. The van der Waals surface area contributed by atoms with E-state index >= 15 is 0 Å². The van der Waals surface area contributed by atoms with Crippen molar-refractivity contribution in [1.82, 2.24) is 14.9 Å². The maximum Gasteiger partial charge on any atom is 0.225 e. The SMILES string of the molecule is OC[C@@H]1CCN(Cc2cnc(N3CCCCC3)nc2)C1. The topological polar surface area (TPSA) is 52.5 Å². The number of aliphatic hydroxyl groups is 1. The molecule has 5 heteroatoms. The highest BCUT2D eigenvalue weighted by Crippen LogP contribution is 2.19. The summed E-state index contributed by atoms with van der Waals surface area (Å²) in [4.78, 5) is 13.7. The number of nitrogens with zero attached hydrogens (tertiary/aromatic N) is 4. The van der Waals surface area contributed by atoms with Crippen LogP contribution in [0.2, 0.25) is 0 Å². The second-order valence-electron chi connectivity index (χ2n) is 6.01. The Bertz CT molecular complexity index is 416. The van der Waals surface area contributed by atoms with Crippen LogP contribution in [0.4, 0.5) is 5.95 Å². The largest absolute Gasteiger partial charge is 0.396 e. The molecule has 1 atom stereocenters. The molecule has 1 N–H and O–H groups in total. The van der Waals surface area contributed by atoms with Crippen LogP contribution in [0.1, 0.15) is 31.2 Å². The van der Waals surface area contributed by atoms with Gasteiger partial charge in [0, 0.05) is 50.7 Å². The molecule has 2 aliphatic rings. The predicted molar refractivity (Wildman–Crippen MR) is 78.6 cm³/mol. The smallest absolute Gasteiger partial charge is 0.225 e. The van der Waals surface area contributed by atoms with E-state index in [1.165, 1.54) is 24.8 Å². The van der Waals surface area contributed by atoms with E-state index in [9.17, 15) is 5.11 Å². The van der Waals surface area contributed by atoms with E-state index in [-0.39, 0.29) is 0 Å². The van der Waals surface area contributed by atoms with Crippen molar-refractivity contribution in [3.05, 3.63) is 18.0 Å². The van der Waals surface area contributed by atoms with Crippen LogP contribution >= 0.6 is 0 Å². The van der Waals surface area contributed by atoms with Crippen molar-refractivity contribution in [2.24, 2.45) is 5.92 Å². The van der Waals surface area contributed by atoms with Gasteiger partial charge >= 0.3 is 0 Å². The minimum Gasteiger partial charge on any atom is -0.396 e. The van der Waals surface area contributed by atoms with E-state index in [0.29, 0.717) is 12.5 Å². The molecule has 0 radical (unpaired) electrons. The Kier molecular flexibility index (Phi) is 4.47. The van der Waals surface area contributed by atoms with Gasteiger partial charge in [0.1, 0.15) is 0 Å². The number of piperidine rings is 1. The number of rotatable bonds is 4. The van der Waals surface area contributed by atoms with E-state index < -0.39 is 0 Å². The summed E-state index contributed by atoms with van der Waals surface area (Å²) in [5.41, 5.74) is 1.17. The third-order valence-corrected chi connectivity index (χ3v) is 4.36. The molecule has 0 amide bonds. The Labute approximate surface area is 120 Å². The fourth-order valence-corrected chi connectivity index (χ4v) is 3.15. The summed E-state index contributed by atoms with van der Waals surface area (Å²) in [6, 6.07) is 0. The molecule has 0 bridgehead atoms. The lowest BCUT2D eigenvalue weighted by Crippen LogP contribution is -2.31. The quantitative estimate of drug-likeness (QED) is 0.898. The maximum atomic E-state index is 9.17. The van der Waals surface area contributed by atoms with Crippen LogP contribution < -0.4 is 4.90 Å². The Morgan fingerprint density at radius 1 is 1.10 bits per heavy atom. The molecule has 3 heterocycles. The molecule has 110 valence electrons. The molecule has 5 nitrogen and oxygen atoms in total. The van der Waals surface area contributed by atoms with Crippen LogP contribution in [0.25, 0.3) is 0 Å². The Hall–Kier alpha value is -1.20. The number of aliphatic hydroxyl groups excluding tert-OH is 1. The number of anilines is 1. The second-order valence-corrected chi connectivity index (χ2v) is 6.01. The second kappa shape index (κ2) is 6.50. The normalized spacial score (nSPS) is 24.2. The van der Waals surface area contributed by atoms with Crippen LogP contribution in [0.3, 0.4) is 0 Å². The van der Waals surface area contributed by atoms with E-state index in [1.807, 2.05) is 12.4 Å². The van der Waals surface area contributed by atoms with Gasteiger partial charge in [-0.25, -0.2) is 9.97 Å². The van der Waals surface area contributed by atoms with Crippen molar-refractivity contribution in [2.45, 2.75) is 32.2 Å². The van der Waals surface area contributed by atoms with Gasteiger partial charge in [-0.2, -0.15) is 0 Å². The predicted octanol–water partition coefficient (Wildman–Crippen LogP) is 1.28. The fraction of sp³-hybridized carbons (Fsp3) is 0.733. The summed E-state index contributed by atoms with van der Waals surface area (Å²) < 4.78 is 0. The lowest BCUT2D eigenvalue weighted by Gasteiger charge is -2.26. The molecule has 3 rings (SSSR count). The lowest BCUT2D eigenvalue weighted by atomic mass is 10.1. The zero-order chi connectivity index (χ0) is 13.8. The van der Waals surface area contributed by atoms with Crippen LogP contribution in [-0.4, -0.2) is 52.8 Å². The summed E-state index contributed by atoms with van der Waals surface area (Å²) in [5, 5.41) is 9.17. The van der Waals surface area contributed by atoms with Crippen LogP contribution in [-0.2, 0) is 6.54 Å². The van der Waals surface area contributed by atoms with E-state index in [1.54, 1.807) is 0 Å². The van der Waals surface area contributed by atoms with Crippen molar-refractivity contribution in [1.29, 1.82) is 0 Å². The minimum absolute atomic E-state index is 0.306. The minimum atomic E-state index is 0.306. The summed E-state index contributed by atoms with van der Waals surface area (Å²) in [6.07, 6.45) is 8.86. The number of aromatic nitrogens is 2. The first-order chi connectivity index (χ1) is 9.85. The average molecular weight is 276 g/mol. The van der Waals surface area contributed by atoms with Crippen molar-refractivity contribution < 1.29 is 5.11 Å². The summed E-state index contributed by atoms with van der Waals surface area (Å²) in [5.74, 6) is 1.33. The third kappa shape index (κ3) is 3.27. The zero-order valence-electron chi connectivity index (χ0n) is 12.0. The number of hydrogen-bond acceptors (Lipinski definition) is 5. The van der Waals surface area contributed by atoms with Crippen molar-refractivity contribution in [2.75, 3.05) is 37.7 Å². The molecule has 0 aromatic carbocycles. The van der Waals surface area contributed by atoms with Crippen molar-refractivity contribution >= 4 is 5.95 Å². The van der Waals surface area contributed by atoms with E-state index in [4.69, 9.17) is 0 Å². The van der Waals surface area contributed by atoms with Gasteiger partial charge in [0.05, 0.1) is 0 Å². The standard InChI is InChI=1S/C15H24N4O/c20-12-13-4-7-18(10-13)11-14-8-16-15(17-9-14)19-5-2-1-3-6-19/h8-9,13,20H,1-7,10-12H2/t13-/m1/s1. The molecule has 2 saturated heterocycles. The summed E-state index contributed by atoms with van der Waals surface area (Å²) in [7, 11) is 0. The molecular weight excluding hydrogens is 252 g/mol. The molecular formula is C15H24N4O. The Morgan fingerprint density at radius 2 is 1.85 bits per heavy atom. The first-order valence-corrected chi connectivity index (χ1v) is 7.74. The van der Waals surface area contributed by atoms with Gasteiger partial charge in [-0.15, -0.1) is 0 Å². The first-order valence-electron chi connectivity index (χ1n) is 7.74. The lowest BCUT2D eigenvalue weighted by molar-refractivity contribution is 0.220. The molecule has 0 aliphatic carbocycles. The molecule has 2 aliphatic heterocycles. The maximum absolute atomic E-state index is 9.17. The molecule has 1 aromatic rings. The molecule has 2 fully saturated rings. The highest BCUT2D eigenvalue weighted by Gasteiger charge is 2.21. The van der Waals surface area contributed by atoms with Gasteiger partial charge in [-0.05, 0) is 38.1 Å². The van der Waals surface area contributed by atoms with Gasteiger partial charge in [0.25, 0.3) is 0 Å². The van der Waals surface area contributed by atoms with Crippen molar-refractivity contribution in [3.8, 4) is 0 Å². The van der Waals surface area contributed by atoms with Gasteiger partial charge in [0.15, 0.2) is 0 Å². The van der Waals surface area contributed by atoms with Gasteiger partial charge in [-0.1, -0.05) is 0 Å². The number of likely N-dealkylation sites (tertiary alicyclic amines) is 1. The number of hydrogen-bond donors (Lipinski definition) is 1. The van der Waals surface area contributed by atoms with Crippen LogP contribution in [0.5, 0.6) is 0 Å². The van der Waals surface area contributed by atoms with E-state index in [2.05, 4.69) is 19.8 Å². The summed E-state index contributed by atoms with van der Waals surface area (Å²) in [6.45, 7) is 5.44. The van der Waals surface area contributed by atoms with Crippen LogP contribution in [0, 0.1) is 5.92 Å². The monoisotopic (exact) mass is 276 g/mol. The van der Waals surface area contributed by atoms with Gasteiger partial charge in [-0.3, -0.25) is 4.90 Å². The molecule has 0 unspecified atom stereocenters. The summed E-state index contributed by atoms with van der Waals surface area (Å²) >= 11 is 0. The van der Waals surface area contributed by atoms with Gasteiger partial charge in [0.2, 0.25) is 5.95 Å². The highest BCUT2D eigenvalue weighted by atomic mass is 16.3. The molecule has 1 aromatic heterocycles. The molecule has 20 heavy (non-hydrogen) atoms. The van der Waals surface area contributed by atoms with E-state index in [0.717, 1.165) is 45.1 Å².